The number of rotatable bonds is 4. The number of aliphatic hydroxyl groups excluding tert-OH is 1. The van der Waals surface area contributed by atoms with Gasteiger partial charge in [0.2, 0.25) is 0 Å². The first-order valence-electron chi connectivity index (χ1n) is 9.46. The second kappa shape index (κ2) is 8.31. The number of amidine groups is 1. The topological polar surface area (TPSA) is 71.4 Å². The molecule has 1 unspecified atom stereocenters. The summed E-state index contributed by atoms with van der Waals surface area (Å²) >= 11 is 1.36. The van der Waals surface area contributed by atoms with Crippen LogP contribution in [0.3, 0.4) is 0 Å². The van der Waals surface area contributed by atoms with E-state index in [1.807, 2.05) is 68.5 Å². The van der Waals surface area contributed by atoms with Crippen LogP contribution < -0.4 is 14.4 Å². The molecule has 2 aromatic rings. The molecular weight excluding hydrogens is 388 g/mol. The van der Waals surface area contributed by atoms with Crippen LogP contribution in [0.4, 0.5) is 5.69 Å². The zero-order valence-electron chi connectivity index (χ0n) is 16.2. The van der Waals surface area contributed by atoms with E-state index < -0.39 is 0 Å². The van der Waals surface area contributed by atoms with Crippen molar-refractivity contribution in [3.05, 3.63) is 59.0 Å². The number of aliphatic hydroxyl groups is 1. The largest absolute Gasteiger partial charge is 0.486 e. The Labute approximate surface area is 173 Å². The van der Waals surface area contributed by atoms with Gasteiger partial charge >= 0.3 is 0 Å². The molecular formula is C22H22N2O4S. The molecule has 0 aromatic heterocycles. The minimum atomic E-state index is -0.383. The van der Waals surface area contributed by atoms with Crippen molar-refractivity contribution in [2.75, 3.05) is 18.1 Å². The fourth-order valence-electron chi connectivity index (χ4n) is 3.05. The summed E-state index contributed by atoms with van der Waals surface area (Å²) in [4.78, 5) is 20.0. The number of carbonyl (C=O) groups excluding carboxylic acids is 1. The Balaban J connectivity index is 1.67. The van der Waals surface area contributed by atoms with Gasteiger partial charge in [0.25, 0.3) is 5.91 Å². The van der Waals surface area contributed by atoms with E-state index in [1.54, 1.807) is 4.90 Å². The van der Waals surface area contributed by atoms with Gasteiger partial charge in [-0.1, -0.05) is 24.3 Å². The third-order valence-electron chi connectivity index (χ3n) is 4.38. The van der Waals surface area contributed by atoms with E-state index in [4.69, 9.17) is 9.47 Å². The van der Waals surface area contributed by atoms with Crippen LogP contribution in [0, 0.1) is 0 Å². The highest BCUT2D eigenvalue weighted by molar-refractivity contribution is 8.19. The molecule has 2 heterocycles. The summed E-state index contributed by atoms with van der Waals surface area (Å²) in [5.74, 6) is 1.09. The molecule has 2 aromatic carbocycles. The number of hydrogen-bond donors (Lipinski definition) is 1. The lowest BCUT2D eigenvalue weighted by atomic mass is 10.1. The van der Waals surface area contributed by atoms with Gasteiger partial charge in [-0.3, -0.25) is 14.7 Å². The van der Waals surface area contributed by atoms with Crippen LogP contribution in [0.25, 0.3) is 6.08 Å². The lowest BCUT2D eigenvalue weighted by molar-refractivity contribution is -0.113. The minimum absolute atomic E-state index is 0.0700. The number of carbonyl (C=O) groups is 1. The molecule has 1 saturated heterocycles. The maximum atomic E-state index is 13.2. The molecule has 29 heavy (non-hydrogen) atoms. The van der Waals surface area contributed by atoms with Crippen LogP contribution in [0.2, 0.25) is 0 Å². The summed E-state index contributed by atoms with van der Waals surface area (Å²) in [6.07, 6.45) is 1.45. The van der Waals surface area contributed by atoms with Crippen molar-refractivity contribution in [2.24, 2.45) is 4.99 Å². The Hall–Kier alpha value is -2.77. The molecule has 1 atom stereocenters. The van der Waals surface area contributed by atoms with Crippen molar-refractivity contribution in [3.8, 4) is 11.5 Å². The fourth-order valence-corrected chi connectivity index (χ4v) is 4.16. The lowest BCUT2D eigenvalue weighted by Gasteiger charge is -2.25. The molecule has 0 spiro atoms. The highest BCUT2D eigenvalue weighted by Gasteiger charge is 2.34. The average Bonchev–Trinajstić information content (AvgIpc) is 3.02. The number of hydrogen-bond acceptors (Lipinski definition) is 6. The zero-order valence-corrected chi connectivity index (χ0v) is 17.1. The standard InChI is InChI=1S/C22H22N2O4S/c1-14(2)23-22-24(16-6-4-3-5-7-16)21(26)20(29-22)11-15-8-9-18-19(10-15)28-17(12-25)13-27-18/h3-11,14,17,25H,12-13H2,1-2H3/b20-11-,23-22?. The van der Waals surface area contributed by atoms with Crippen molar-refractivity contribution in [3.63, 3.8) is 0 Å². The summed E-state index contributed by atoms with van der Waals surface area (Å²) in [5, 5.41) is 9.97. The number of nitrogens with zero attached hydrogens (tertiary/aromatic N) is 2. The Morgan fingerprint density at radius 2 is 2.03 bits per heavy atom. The number of benzene rings is 2. The summed E-state index contributed by atoms with van der Waals surface area (Å²) in [6.45, 7) is 4.18. The quantitative estimate of drug-likeness (QED) is 0.778. The van der Waals surface area contributed by atoms with E-state index in [1.165, 1.54) is 11.8 Å². The van der Waals surface area contributed by atoms with Crippen LogP contribution in [-0.2, 0) is 4.79 Å². The Morgan fingerprint density at radius 3 is 2.76 bits per heavy atom. The van der Waals surface area contributed by atoms with E-state index in [2.05, 4.69) is 4.99 Å². The number of para-hydroxylation sites is 1. The van der Waals surface area contributed by atoms with Crippen molar-refractivity contribution in [1.82, 2.24) is 0 Å². The fraction of sp³-hybridized carbons (Fsp3) is 0.273. The molecule has 2 aliphatic heterocycles. The summed E-state index contributed by atoms with van der Waals surface area (Å²) in [6, 6.07) is 15.1. The van der Waals surface area contributed by atoms with Crippen molar-refractivity contribution >= 4 is 34.6 Å². The van der Waals surface area contributed by atoms with Gasteiger partial charge in [-0.2, -0.15) is 0 Å². The normalized spacial score (nSPS) is 21.4. The highest BCUT2D eigenvalue weighted by atomic mass is 32.2. The first-order chi connectivity index (χ1) is 14.0. The molecule has 1 N–H and O–H groups in total. The first kappa shape index (κ1) is 19.5. The zero-order chi connectivity index (χ0) is 20.4. The summed E-state index contributed by atoms with van der Waals surface area (Å²) < 4.78 is 11.4. The van der Waals surface area contributed by atoms with Gasteiger partial charge in [0.15, 0.2) is 22.8 Å². The maximum absolute atomic E-state index is 13.2. The molecule has 1 fully saturated rings. The van der Waals surface area contributed by atoms with Crippen molar-refractivity contribution in [2.45, 2.75) is 26.0 Å². The SMILES string of the molecule is CC(C)N=C1S/C(=C\c2ccc3c(c2)OC(CO)CO3)C(=O)N1c1ccccc1. The van der Waals surface area contributed by atoms with Gasteiger partial charge in [-0.15, -0.1) is 0 Å². The Kier molecular flexibility index (Phi) is 5.60. The van der Waals surface area contributed by atoms with Crippen LogP contribution >= 0.6 is 11.8 Å². The van der Waals surface area contributed by atoms with Gasteiger partial charge in [0, 0.05) is 6.04 Å². The number of aliphatic imine (C=N–C) groups is 1. The molecule has 0 radical (unpaired) electrons. The Morgan fingerprint density at radius 1 is 1.24 bits per heavy atom. The maximum Gasteiger partial charge on any atom is 0.271 e. The third kappa shape index (κ3) is 4.16. The Bertz CT molecular complexity index is 972. The molecule has 7 heteroatoms. The molecule has 4 rings (SSSR count). The smallest absolute Gasteiger partial charge is 0.271 e. The molecule has 0 aliphatic carbocycles. The molecule has 1 amide bonds. The average molecular weight is 410 g/mol. The number of amides is 1. The second-order valence-electron chi connectivity index (χ2n) is 7.03. The van der Waals surface area contributed by atoms with E-state index in [0.717, 1.165) is 11.3 Å². The van der Waals surface area contributed by atoms with E-state index in [-0.39, 0.29) is 24.7 Å². The predicted molar refractivity (Wildman–Crippen MR) is 116 cm³/mol. The minimum Gasteiger partial charge on any atom is -0.486 e. The summed E-state index contributed by atoms with van der Waals surface area (Å²) in [5.41, 5.74) is 1.61. The van der Waals surface area contributed by atoms with E-state index in [0.29, 0.717) is 28.2 Å². The van der Waals surface area contributed by atoms with Gasteiger partial charge in [-0.05, 0) is 61.5 Å². The number of anilines is 1. The third-order valence-corrected chi connectivity index (χ3v) is 5.36. The number of ether oxygens (including phenoxy) is 2. The summed E-state index contributed by atoms with van der Waals surface area (Å²) in [7, 11) is 0. The van der Waals surface area contributed by atoms with Crippen LogP contribution in [0.1, 0.15) is 19.4 Å². The predicted octanol–water partition coefficient (Wildman–Crippen LogP) is 3.70. The molecule has 2 aliphatic rings. The van der Waals surface area contributed by atoms with E-state index >= 15 is 0 Å². The molecule has 150 valence electrons. The second-order valence-corrected chi connectivity index (χ2v) is 8.04. The highest BCUT2D eigenvalue weighted by Crippen LogP contribution is 2.38. The molecule has 0 saturated carbocycles. The van der Waals surface area contributed by atoms with Gasteiger partial charge in [0.05, 0.1) is 17.2 Å². The monoisotopic (exact) mass is 410 g/mol. The van der Waals surface area contributed by atoms with E-state index in [9.17, 15) is 9.90 Å². The number of fused-ring (bicyclic) bond motifs is 1. The van der Waals surface area contributed by atoms with Crippen LogP contribution in [0.5, 0.6) is 11.5 Å². The van der Waals surface area contributed by atoms with Crippen LogP contribution in [0.15, 0.2) is 58.4 Å². The van der Waals surface area contributed by atoms with Gasteiger partial charge in [-0.25, -0.2) is 0 Å². The van der Waals surface area contributed by atoms with Crippen molar-refractivity contribution < 1.29 is 19.4 Å². The van der Waals surface area contributed by atoms with Crippen LogP contribution in [-0.4, -0.2) is 41.5 Å². The lowest BCUT2D eigenvalue weighted by Crippen LogP contribution is -2.32. The number of thioether (sulfide) groups is 1. The van der Waals surface area contributed by atoms with Gasteiger partial charge < -0.3 is 14.6 Å². The van der Waals surface area contributed by atoms with Crippen molar-refractivity contribution in [1.29, 1.82) is 0 Å². The molecule has 0 bridgehead atoms. The molecule has 6 nitrogen and oxygen atoms in total. The first-order valence-corrected chi connectivity index (χ1v) is 10.3. The van der Waals surface area contributed by atoms with Gasteiger partial charge in [0.1, 0.15) is 6.61 Å².